The van der Waals surface area contributed by atoms with Gasteiger partial charge in [0.25, 0.3) is 11.5 Å². The summed E-state index contributed by atoms with van der Waals surface area (Å²) < 4.78 is 13.6. The third kappa shape index (κ3) is 4.44. The number of halogens is 1. The SMILES string of the molecule is CCOc1ccc([C@@H]2C(C(=O)OC(C)C)=C(C)N=c3s/c(=C4/C(=O)Nc5ccc(Br)cc54)c(=O)n32)cc1. The van der Waals surface area contributed by atoms with E-state index in [9.17, 15) is 14.4 Å². The van der Waals surface area contributed by atoms with Gasteiger partial charge in [-0.2, -0.15) is 0 Å². The van der Waals surface area contributed by atoms with Crippen LogP contribution in [0.2, 0.25) is 0 Å². The number of thiazole rings is 1. The quantitative estimate of drug-likeness (QED) is 0.463. The van der Waals surface area contributed by atoms with Crippen molar-refractivity contribution in [1.82, 2.24) is 4.57 Å². The third-order valence-electron chi connectivity index (χ3n) is 6.02. The normalized spacial score (nSPS) is 17.8. The van der Waals surface area contributed by atoms with E-state index in [0.717, 1.165) is 15.8 Å². The molecule has 10 heteroatoms. The highest BCUT2D eigenvalue weighted by Crippen LogP contribution is 2.34. The van der Waals surface area contributed by atoms with Crippen molar-refractivity contribution >= 4 is 50.4 Å². The molecule has 1 N–H and O–H groups in total. The molecule has 37 heavy (non-hydrogen) atoms. The van der Waals surface area contributed by atoms with E-state index < -0.39 is 17.6 Å². The van der Waals surface area contributed by atoms with Crippen molar-refractivity contribution in [3.8, 4) is 5.75 Å². The van der Waals surface area contributed by atoms with Crippen LogP contribution in [0.25, 0.3) is 5.57 Å². The molecule has 1 atom stereocenters. The minimum atomic E-state index is -0.779. The summed E-state index contributed by atoms with van der Waals surface area (Å²) in [6, 6.07) is 11.9. The fourth-order valence-electron chi connectivity index (χ4n) is 4.50. The van der Waals surface area contributed by atoms with Crippen LogP contribution in [0.1, 0.15) is 44.9 Å². The molecule has 1 amide bonds. The van der Waals surface area contributed by atoms with Gasteiger partial charge in [0.2, 0.25) is 0 Å². The molecular formula is C27H24BrN3O5S. The number of hydrogen-bond acceptors (Lipinski definition) is 7. The number of aromatic nitrogens is 1. The highest BCUT2D eigenvalue weighted by atomic mass is 79.9. The van der Waals surface area contributed by atoms with Crippen LogP contribution in [0.5, 0.6) is 5.75 Å². The average Bonchev–Trinajstić information content (AvgIpc) is 3.33. The Hall–Kier alpha value is -3.50. The molecule has 2 aromatic carbocycles. The zero-order valence-corrected chi connectivity index (χ0v) is 23.0. The van der Waals surface area contributed by atoms with E-state index in [1.807, 2.05) is 25.1 Å². The van der Waals surface area contributed by atoms with Gasteiger partial charge >= 0.3 is 5.97 Å². The standard InChI is InChI=1S/C27H24BrN3O5S/c1-5-35-17-9-6-15(7-10-17)22-20(26(34)36-13(2)3)14(4)29-27-31(22)25(33)23(37-27)21-18-12-16(28)8-11-19(18)30-24(21)32/h6-13,22H,5H2,1-4H3,(H,30,32)/b23-21+/t22-/m1/s1. The second kappa shape index (κ2) is 9.75. The first-order chi connectivity index (χ1) is 17.7. The molecule has 0 radical (unpaired) electrons. The molecule has 5 rings (SSSR count). The molecule has 2 aliphatic heterocycles. The van der Waals surface area contributed by atoms with Crippen LogP contribution in [-0.2, 0) is 14.3 Å². The summed E-state index contributed by atoms with van der Waals surface area (Å²) >= 11 is 4.58. The molecule has 0 bridgehead atoms. The molecule has 190 valence electrons. The smallest absolute Gasteiger partial charge is 0.338 e. The lowest BCUT2D eigenvalue weighted by Gasteiger charge is -2.25. The number of rotatable bonds is 5. The van der Waals surface area contributed by atoms with Gasteiger partial charge in [0.15, 0.2) is 4.80 Å². The highest BCUT2D eigenvalue weighted by molar-refractivity contribution is 9.10. The molecule has 0 spiro atoms. The zero-order chi connectivity index (χ0) is 26.4. The fraction of sp³-hybridized carbons (Fsp3) is 0.259. The number of carbonyl (C=O) groups excluding carboxylic acids is 2. The number of nitrogens with zero attached hydrogens (tertiary/aromatic N) is 2. The van der Waals surface area contributed by atoms with Crippen LogP contribution < -0.4 is 24.9 Å². The molecule has 0 saturated carbocycles. The number of fused-ring (bicyclic) bond motifs is 2. The number of hydrogen-bond donors (Lipinski definition) is 1. The fourth-order valence-corrected chi connectivity index (χ4v) is 6.01. The zero-order valence-electron chi connectivity index (χ0n) is 20.6. The number of ether oxygens (including phenoxy) is 2. The molecular weight excluding hydrogens is 558 g/mol. The van der Waals surface area contributed by atoms with Crippen molar-refractivity contribution in [3.63, 3.8) is 0 Å². The van der Waals surface area contributed by atoms with Gasteiger partial charge in [-0.15, -0.1) is 0 Å². The van der Waals surface area contributed by atoms with Crippen molar-refractivity contribution in [2.24, 2.45) is 4.99 Å². The van der Waals surface area contributed by atoms with Gasteiger partial charge in [0.1, 0.15) is 10.3 Å². The monoisotopic (exact) mass is 581 g/mol. The number of amides is 1. The van der Waals surface area contributed by atoms with Crippen LogP contribution in [0.4, 0.5) is 5.69 Å². The predicted molar refractivity (Wildman–Crippen MR) is 144 cm³/mol. The van der Waals surface area contributed by atoms with E-state index in [0.29, 0.717) is 39.7 Å². The van der Waals surface area contributed by atoms with Crippen LogP contribution in [0, 0.1) is 0 Å². The number of carbonyl (C=O) groups is 2. The Morgan fingerprint density at radius 1 is 1.19 bits per heavy atom. The first-order valence-electron chi connectivity index (χ1n) is 11.8. The summed E-state index contributed by atoms with van der Waals surface area (Å²) in [4.78, 5) is 45.2. The Balaban J connectivity index is 1.77. The summed E-state index contributed by atoms with van der Waals surface area (Å²) in [5.41, 5.74) is 2.60. The molecule has 1 aromatic heterocycles. The van der Waals surface area contributed by atoms with Crippen LogP contribution >= 0.6 is 27.3 Å². The lowest BCUT2D eigenvalue weighted by Crippen LogP contribution is -2.40. The molecule has 3 heterocycles. The first-order valence-corrected chi connectivity index (χ1v) is 13.4. The molecule has 3 aromatic rings. The second-order valence-corrected chi connectivity index (χ2v) is 10.8. The Bertz CT molecular complexity index is 1650. The maximum Gasteiger partial charge on any atom is 0.338 e. The van der Waals surface area contributed by atoms with Gasteiger partial charge in [0, 0.05) is 15.7 Å². The van der Waals surface area contributed by atoms with Crippen LogP contribution in [-0.4, -0.2) is 29.2 Å². The Morgan fingerprint density at radius 2 is 1.92 bits per heavy atom. The van der Waals surface area contributed by atoms with Crippen LogP contribution in [0.3, 0.4) is 0 Å². The second-order valence-electron chi connectivity index (χ2n) is 8.88. The number of anilines is 1. The predicted octanol–water partition coefficient (Wildman–Crippen LogP) is 3.67. The maximum absolute atomic E-state index is 14.0. The van der Waals surface area contributed by atoms with E-state index in [1.54, 1.807) is 45.0 Å². The van der Waals surface area contributed by atoms with E-state index in [-0.39, 0.29) is 27.7 Å². The number of nitrogens with one attached hydrogen (secondary N) is 1. The van der Waals surface area contributed by atoms with Crippen molar-refractivity contribution in [2.45, 2.75) is 39.8 Å². The van der Waals surface area contributed by atoms with Gasteiger partial charge < -0.3 is 14.8 Å². The summed E-state index contributed by atoms with van der Waals surface area (Å²) in [5, 5.41) is 2.83. The summed E-state index contributed by atoms with van der Waals surface area (Å²) in [6.07, 6.45) is -0.349. The van der Waals surface area contributed by atoms with E-state index in [4.69, 9.17) is 9.47 Å². The lowest BCUT2D eigenvalue weighted by molar-refractivity contribution is -0.143. The summed E-state index contributed by atoms with van der Waals surface area (Å²) in [7, 11) is 0. The van der Waals surface area contributed by atoms with Crippen molar-refractivity contribution in [2.75, 3.05) is 11.9 Å². The van der Waals surface area contributed by atoms with Crippen molar-refractivity contribution in [1.29, 1.82) is 0 Å². The van der Waals surface area contributed by atoms with Gasteiger partial charge in [-0.05, 0) is 63.6 Å². The molecule has 2 aliphatic rings. The first kappa shape index (κ1) is 25.2. The van der Waals surface area contributed by atoms with Gasteiger partial charge in [-0.25, -0.2) is 9.79 Å². The molecule has 0 fully saturated rings. The summed E-state index contributed by atoms with van der Waals surface area (Å²) in [5.74, 6) is -0.218. The Labute approximate surface area is 225 Å². The molecule has 0 unspecified atom stereocenters. The van der Waals surface area contributed by atoms with E-state index in [2.05, 4.69) is 26.2 Å². The number of allylic oxidation sites excluding steroid dienone is 1. The molecule has 0 aliphatic carbocycles. The summed E-state index contributed by atoms with van der Waals surface area (Å²) in [6.45, 7) is 7.68. The van der Waals surface area contributed by atoms with Crippen molar-refractivity contribution < 1.29 is 19.1 Å². The van der Waals surface area contributed by atoms with E-state index in [1.165, 1.54) is 4.57 Å². The largest absolute Gasteiger partial charge is 0.494 e. The maximum atomic E-state index is 14.0. The minimum Gasteiger partial charge on any atom is -0.494 e. The van der Waals surface area contributed by atoms with Gasteiger partial charge in [0.05, 0.1) is 35.6 Å². The molecule has 0 saturated heterocycles. The number of benzene rings is 2. The Morgan fingerprint density at radius 3 is 2.59 bits per heavy atom. The number of esters is 1. The third-order valence-corrected chi connectivity index (χ3v) is 7.57. The Kier molecular flexibility index (Phi) is 6.63. The highest BCUT2D eigenvalue weighted by Gasteiger charge is 2.35. The lowest BCUT2D eigenvalue weighted by atomic mass is 9.95. The van der Waals surface area contributed by atoms with Crippen molar-refractivity contribution in [3.05, 3.63) is 89.0 Å². The average molecular weight is 582 g/mol. The topological polar surface area (TPSA) is 99.0 Å². The van der Waals surface area contributed by atoms with E-state index >= 15 is 0 Å². The minimum absolute atomic E-state index is 0.260. The van der Waals surface area contributed by atoms with Crippen LogP contribution in [0.15, 0.2) is 68.0 Å². The van der Waals surface area contributed by atoms with Gasteiger partial charge in [-0.3, -0.25) is 14.2 Å². The van der Waals surface area contributed by atoms with Gasteiger partial charge in [-0.1, -0.05) is 39.4 Å². The molecule has 8 nitrogen and oxygen atoms in total.